The molecule has 0 radical (unpaired) electrons. The van der Waals surface area contributed by atoms with Gasteiger partial charge in [0.1, 0.15) is 0 Å². The molecule has 0 saturated heterocycles. The average Bonchev–Trinajstić information content (AvgIpc) is 2.43. The van der Waals surface area contributed by atoms with Crippen molar-refractivity contribution in [3.05, 3.63) is 11.6 Å². The first kappa shape index (κ1) is 9.16. The second-order valence-corrected chi connectivity index (χ2v) is 2.76. The largest absolute Gasteiger partial charge is 0.255 e. The number of rotatable bonds is 4. The lowest BCUT2D eigenvalue weighted by Gasteiger charge is -2.01. The van der Waals surface area contributed by atoms with Gasteiger partial charge in [0.2, 0.25) is 0 Å². The van der Waals surface area contributed by atoms with Gasteiger partial charge >= 0.3 is 0 Å². The van der Waals surface area contributed by atoms with E-state index in [1.54, 1.807) is 4.68 Å². The zero-order chi connectivity index (χ0) is 8.97. The van der Waals surface area contributed by atoms with Gasteiger partial charge in [-0.2, -0.15) is 4.39 Å². The van der Waals surface area contributed by atoms with Gasteiger partial charge in [0, 0.05) is 6.54 Å². The Bertz CT molecular complexity index is 244. The van der Waals surface area contributed by atoms with Gasteiger partial charge in [-0.05, 0) is 12.8 Å². The third-order valence-corrected chi connectivity index (χ3v) is 1.85. The standard InChI is InChI=1S/C8H14FN3/c1-3-5-6-12-7(4-2)8(9)10-11-12/h3-6H2,1-2H3. The van der Waals surface area contributed by atoms with Gasteiger partial charge in [0.05, 0.1) is 5.69 Å². The molecule has 0 fully saturated rings. The fourth-order valence-electron chi connectivity index (χ4n) is 1.13. The fourth-order valence-corrected chi connectivity index (χ4v) is 1.13. The summed E-state index contributed by atoms with van der Waals surface area (Å²) in [6.07, 6.45) is 2.77. The number of unbranched alkanes of at least 4 members (excludes halogenated alkanes) is 1. The van der Waals surface area contributed by atoms with Crippen LogP contribution in [0.2, 0.25) is 0 Å². The van der Waals surface area contributed by atoms with Crippen LogP contribution in [0.4, 0.5) is 4.39 Å². The van der Waals surface area contributed by atoms with E-state index in [9.17, 15) is 4.39 Å². The molecule has 0 unspecified atom stereocenters. The van der Waals surface area contributed by atoms with Crippen LogP contribution in [0.15, 0.2) is 0 Å². The lowest BCUT2D eigenvalue weighted by molar-refractivity contribution is 0.533. The minimum Gasteiger partial charge on any atom is -0.246 e. The van der Waals surface area contributed by atoms with Crippen molar-refractivity contribution >= 4 is 0 Å². The van der Waals surface area contributed by atoms with Gasteiger partial charge in [-0.15, -0.1) is 0 Å². The number of aromatic nitrogens is 3. The smallest absolute Gasteiger partial charge is 0.246 e. The minimum atomic E-state index is -0.423. The summed E-state index contributed by atoms with van der Waals surface area (Å²) >= 11 is 0. The molecule has 0 amide bonds. The van der Waals surface area contributed by atoms with E-state index in [1.165, 1.54) is 0 Å². The molecule has 12 heavy (non-hydrogen) atoms. The average molecular weight is 171 g/mol. The Morgan fingerprint density at radius 1 is 1.42 bits per heavy atom. The van der Waals surface area contributed by atoms with E-state index in [2.05, 4.69) is 17.2 Å². The van der Waals surface area contributed by atoms with E-state index >= 15 is 0 Å². The Morgan fingerprint density at radius 2 is 2.17 bits per heavy atom. The van der Waals surface area contributed by atoms with Crippen molar-refractivity contribution in [2.24, 2.45) is 0 Å². The van der Waals surface area contributed by atoms with Gasteiger partial charge in [0.15, 0.2) is 0 Å². The Morgan fingerprint density at radius 3 is 2.75 bits per heavy atom. The third-order valence-electron chi connectivity index (χ3n) is 1.85. The van der Waals surface area contributed by atoms with Crippen LogP contribution in [0.25, 0.3) is 0 Å². The van der Waals surface area contributed by atoms with Crippen molar-refractivity contribution in [2.75, 3.05) is 0 Å². The zero-order valence-corrected chi connectivity index (χ0v) is 7.55. The maximum Gasteiger partial charge on any atom is 0.255 e. The van der Waals surface area contributed by atoms with Crippen molar-refractivity contribution in [1.29, 1.82) is 0 Å². The molecule has 3 nitrogen and oxygen atoms in total. The first-order valence-corrected chi connectivity index (χ1v) is 4.37. The maximum atomic E-state index is 12.8. The van der Waals surface area contributed by atoms with Crippen molar-refractivity contribution in [3.8, 4) is 0 Å². The molecule has 1 heterocycles. The molecular weight excluding hydrogens is 157 g/mol. The van der Waals surface area contributed by atoms with Crippen LogP contribution < -0.4 is 0 Å². The van der Waals surface area contributed by atoms with E-state index in [4.69, 9.17) is 0 Å². The van der Waals surface area contributed by atoms with Gasteiger partial charge in [-0.3, -0.25) is 0 Å². The second-order valence-electron chi connectivity index (χ2n) is 2.76. The molecule has 0 aliphatic heterocycles. The summed E-state index contributed by atoms with van der Waals surface area (Å²) in [5, 5.41) is 7.10. The first-order valence-electron chi connectivity index (χ1n) is 4.37. The SMILES string of the molecule is CCCCn1nnc(F)c1CC. The van der Waals surface area contributed by atoms with Crippen LogP contribution in [0.3, 0.4) is 0 Å². The molecule has 0 saturated carbocycles. The summed E-state index contributed by atoms with van der Waals surface area (Å²) in [7, 11) is 0. The van der Waals surface area contributed by atoms with Crippen LogP contribution in [0.1, 0.15) is 32.4 Å². The van der Waals surface area contributed by atoms with Crippen molar-refractivity contribution < 1.29 is 4.39 Å². The normalized spacial score (nSPS) is 10.6. The van der Waals surface area contributed by atoms with Gasteiger partial charge in [-0.25, -0.2) is 4.68 Å². The lowest BCUT2D eigenvalue weighted by Crippen LogP contribution is -2.04. The van der Waals surface area contributed by atoms with E-state index in [0.29, 0.717) is 12.1 Å². The molecule has 0 atom stereocenters. The molecule has 0 aliphatic rings. The molecule has 1 aromatic heterocycles. The molecule has 0 bridgehead atoms. The number of hydrogen-bond donors (Lipinski definition) is 0. The fraction of sp³-hybridized carbons (Fsp3) is 0.750. The predicted molar refractivity (Wildman–Crippen MR) is 44.3 cm³/mol. The first-order chi connectivity index (χ1) is 5.79. The van der Waals surface area contributed by atoms with Crippen LogP contribution in [-0.4, -0.2) is 15.0 Å². The number of hydrogen-bond acceptors (Lipinski definition) is 2. The molecule has 68 valence electrons. The van der Waals surface area contributed by atoms with Crippen LogP contribution in [0, 0.1) is 5.95 Å². The van der Waals surface area contributed by atoms with E-state index in [1.807, 2.05) is 6.92 Å². The van der Waals surface area contributed by atoms with Gasteiger partial charge < -0.3 is 0 Å². The topological polar surface area (TPSA) is 30.7 Å². The summed E-state index contributed by atoms with van der Waals surface area (Å²) in [6.45, 7) is 4.78. The number of nitrogens with zero attached hydrogens (tertiary/aromatic N) is 3. The highest BCUT2D eigenvalue weighted by Crippen LogP contribution is 2.05. The van der Waals surface area contributed by atoms with Crippen molar-refractivity contribution in [3.63, 3.8) is 0 Å². The van der Waals surface area contributed by atoms with Gasteiger partial charge in [-0.1, -0.05) is 30.6 Å². The Balaban J connectivity index is 2.70. The Kier molecular flexibility index (Phi) is 3.19. The van der Waals surface area contributed by atoms with Crippen LogP contribution in [-0.2, 0) is 13.0 Å². The molecule has 0 aromatic carbocycles. The Labute approximate surface area is 71.6 Å². The molecule has 0 spiro atoms. The summed E-state index contributed by atoms with van der Waals surface area (Å²) < 4.78 is 14.5. The van der Waals surface area contributed by atoms with Crippen LogP contribution >= 0.6 is 0 Å². The third kappa shape index (κ3) is 1.81. The molecule has 4 heteroatoms. The quantitative estimate of drug-likeness (QED) is 0.691. The van der Waals surface area contributed by atoms with E-state index < -0.39 is 5.95 Å². The summed E-state index contributed by atoms with van der Waals surface area (Å²) in [5.74, 6) is -0.423. The summed E-state index contributed by atoms with van der Waals surface area (Å²) in [4.78, 5) is 0. The molecule has 1 aromatic rings. The molecular formula is C8H14FN3. The van der Waals surface area contributed by atoms with Crippen molar-refractivity contribution in [1.82, 2.24) is 15.0 Å². The second kappa shape index (κ2) is 4.18. The highest BCUT2D eigenvalue weighted by Gasteiger charge is 2.08. The summed E-state index contributed by atoms with van der Waals surface area (Å²) in [5.41, 5.74) is 0.614. The maximum absolute atomic E-state index is 12.8. The highest BCUT2D eigenvalue weighted by molar-refractivity contribution is 4.96. The lowest BCUT2D eigenvalue weighted by atomic mass is 10.3. The highest BCUT2D eigenvalue weighted by atomic mass is 19.1. The minimum absolute atomic E-state index is 0.423. The van der Waals surface area contributed by atoms with Gasteiger partial charge in [0.25, 0.3) is 5.95 Å². The number of aryl methyl sites for hydroxylation is 1. The molecule has 0 N–H and O–H groups in total. The van der Waals surface area contributed by atoms with E-state index in [-0.39, 0.29) is 0 Å². The molecule has 0 aliphatic carbocycles. The Hall–Kier alpha value is -0.930. The van der Waals surface area contributed by atoms with E-state index in [0.717, 1.165) is 19.4 Å². The monoisotopic (exact) mass is 171 g/mol. The zero-order valence-electron chi connectivity index (χ0n) is 7.55. The van der Waals surface area contributed by atoms with Crippen LogP contribution in [0.5, 0.6) is 0 Å². The molecule has 1 rings (SSSR count). The summed E-state index contributed by atoms with van der Waals surface area (Å²) in [6, 6.07) is 0. The number of halogens is 1. The van der Waals surface area contributed by atoms with Crippen molar-refractivity contribution in [2.45, 2.75) is 39.7 Å². The predicted octanol–water partition coefficient (Wildman–Crippen LogP) is 1.78.